The van der Waals surface area contributed by atoms with Gasteiger partial charge in [-0.1, -0.05) is 6.07 Å². The molecule has 0 unspecified atom stereocenters. The van der Waals surface area contributed by atoms with E-state index in [1.807, 2.05) is 18.2 Å². The maximum absolute atomic E-state index is 5.67. The molecular weight excluding hydrogens is 227 g/mol. The number of benzene rings is 1. The highest BCUT2D eigenvalue weighted by Gasteiger charge is 2.01. The number of aromatic nitrogens is 2. The van der Waals surface area contributed by atoms with E-state index in [1.54, 1.807) is 0 Å². The fourth-order valence-corrected chi connectivity index (χ4v) is 1.61. The molecule has 1 aromatic heterocycles. The van der Waals surface area contributed by atoms with Gasteiger partial charge in [-0.05, 0) is 39.7 Å². The molecule has 0 atom stereocenters. The number of hydrogen-bond donors (Lipinski definition) is 1. The summed E-state index contributed by atoms with van der Waals surface area (Å²) in [5.41, 5.74) is 1.82. The minimum atomic E-state index is 0.423. The van der Waals surface area contributed by atoms with Crippen molar-refractivity contribution >= 4 is 38.6 Å². The molecule has 0 aliphatic heterocycles. The lowest BCUT2D eigenvalue weighted by Crippen LogP contribution is -1.69. The number of imidazole rings is 1. The van der Waals surface area contributed by atoms with E-state index in [9.17, 15) is 0 Å². The number of nitrogens with zero attached hydrogens (tertiary/aromatic N) is 1. The van der Waals surface area contributed by atoms with Crippen molar-refractivity contribution in [2.45, 2.75) is 0 Å². The lowest BCUT2D eigenvalue weighted by atomic mass is 10.3. The fraction of sp³-hybridized carbons (Fsp3) is 0. The number of H-pyrrole nitrogens is 1. The van der Waals surface area contributed by atoms with Gasteiger partial charge in [-0.25, -0.2) is 4.98 Å². The van der Waals surface area contributed by atoms with E-state index in [-0.39, 0.29) is 0 Å². The van der Waals surface area contributed by atoms with Crippen molar-refractivity contribution in [3.63, 3.8) is 0 Å². The van der Waals surface area contributed by atoms with E-state index in [2.05, 4.69) is 25.9 Å². The first-order valence-corrected chi connectivity index (χ1v) is 4.24. The molecule has 0 amide bonds. The van der Waals surface area contributed by atoms with E-state index in [0.717, 1.165) is 15.5 Å². The van der Waals surface area contributed by atoms with Gasteiger partial charge in [-0.15, -0.1) is 0 Å². The van der Waals surface area contributed by atoms with Gasteiger partial charge in [-0.2, -0.15) is 0 Å². The second-order valence-corrected chi connectivity index (χ2v) is 3.37. The number of hydrogen-bond acceptors (Lipinski definition) is 1. The summed E-state index contributed by atoms with van der Waals surface area (Å²) in [5, 5.41) is 0.423. The molecule has 2 nitrogen and oxygen atoms in total. The first-order chi connectivity index (χ1) is 5.27. The Hall–Kier alpha value is -0.540. The molecule has 0 aliphatic carbocycles. The van der Waals surface area contributed by atoms with Crippen LogP contribution in [0.15, 0.2) is 22.7 Å². The number of rotatable bonds is 0. The highest BCUT2D eigenvalue weighted by molar-refractivity contribution is 9.10. The Balaban J connectivity index is 2.90. The predicted octanol–water partition coefficient (Wildman–Crippen LogP) is 2.98. The fourth-order valence-electron chi connectivity index (χ4n) is 0.967. The Kier molecular flexibility index (Phi) is 1.62. The van der Waals surface area contributed by atoms with Crippen molar-refractivity contribution in [3.8, 4) is 0 Å². The lowest BCUT2D eigenvalue weighted by molar-refractivity contribution is 1.34. The van der Waals surface area contributed by atoms with E-state index < -0.39 is 0 Å². The minimum Gasteiger partial charge on any atom is -0.328 e. The standard InChI is InChI=1S/C7H4BrClN2/c8-4-2-1-3-5-6(4)11-7(9)10-5/h1-3H,(H,10,11). The molecule has 0 aliphatic rings. The number of fused-ring (bicyclic) bond motifs is 1. The Bertz CT molecular complexity index is 396. The van der Waals surface area contributed by atoms with Gasteiger partial charge in [0.15, 0.2) is 0 Å². The average Bonchev–Trinajstić information content (AvgIpc) is 2.31. The third-order valence-corrected chi connectivity index (χ3v) is 2.28. The van der Waals surface area contributed by atoms with Crippen LogP contribution in [0.5, 0.6) is 0 Å². The van der Waals surface area contributed by atoms with Gasteiger partial charge in [0, 0.05) is 4.47 Å². The topological polar surface area (TPSA) is 28.7 Å². The van der Waals surface area contributed by atoms with Crippen LogP contribution in [-0.2, 0) is 0 Å². The average molecular weight is 231 g/mol. The molecule has 0 saturated heterocycles. The Morgan fingerprint density at radius 2 is 2.27 bits per heavy atom. The van der Waals surface area contributed by atoms with Gasteiger partial charge in [0.05, 0.1) is 11.0 Å². The van der Waals surface area contributed by atoms with Crippen LogP contribution in [0.2, 0.25) is 5.28 Å². The molecule has 0 radical (unpaired) electrons. The molecule has 0 saturated carbocycles. The van der Waals surface area contributed by atoms with Crippen LogP contribution in [0.4, 0.5) is 0 Å². The van der Waals surface area contributed by atoms with Gasteiger partial charge in [0.2, 0.25) is 5.28 Å². The third kappa shape index (κ3) is 1.14. The summed E-state index contributed by atoms with van der Waals surface area (Å²) in [6.07, 6.45) is 0. The summed E-state index contributed by atoms with van der Waals surface area (Å²) in [4.78, 5) is 6.99. The van der Waals surface area contributed by atoms with Crippen LogP contribution >= 0.6 is 27.5 Å². The summed E-state index contributed by atoms with van der Waals surface area (Å²) < 4.78 is 0.981. The molecule has 1 aromatic carbocycles. The van der Waals surface area contributed by atoms with Crippen LogP contribution < -0.4 is 0 Å². The largest absolute Gasteiger partial charge is 0.328 e. The van der Waals surface area contributed by atoms with Crippen LogP contribution in [0, 0.1) is 0 Å². The summed E-state index contributed by atoms with van der Waals surface area (Å²) in [5.74, 6) is 0. The van der Waals surface area contributed by atoms with E-state index in [0.29, 0.717) is 5.28 Å². The van der Waals surface area contributed by atoms with Crippen molar-refractivity contribution in [1.29, 1.82) is 0 Å². The van der Waals surface area contributed by atoms with Crippen molar-refractivity contribution in [2.75, 3.05) is 0 Å². The number of halogens is 2. The smallest absolute Gasteiger partial charge is 0.201 e. The monoisotopic (exact) mass is 230 g/mol. The van der Waals surface area contributed by atoms with Crippen molar-refractivity contribution in [1.82, 2.24) is 9.97 Å². The summed E-state index contributed by atoms with van der Waals surface area (Å²) >= 11 is 9.05. The summed E-state index contributed by atoms with van der Waals surface area (Å²) in [6.45, 7) is 0. The molecular formula is C7H4BrClN2. The molecule has 2 aromatic rings. The zero-order chi connectivity index (χ0) is 7.84. The van der Waals surface area contributed by atoms with Crippen molar-refractivity contribution in [3.05, 3.63) is 28.0 Å². The highest BCUT2D eigenvalue weighted by atomic mass is 79.9. The second kappa shape index (κ2) is 2.50. The van der Waals surface area contributed by atoms with E-state index in [4.69, 9.17) is 11.6 Å². The first-order valence-electron chi connectivity index (χ1n) is 3.07. The molecule has 0 bridgehead atoms. The SMILES string of the molecule is Clc1nc2cccc(Br)c2[nH]1. The zero-order valence-electron chi connectivity index (χ0n) is 5.44. The molecule has 56 valence electrons. The number of para-hydroxylation sites is 1. The second-order valence-electron chi connectivity index (χ2n) is 2.16. The Morgan fingerprint density at radius 3 is 3.00 bits per heavy atom. The normalized spacial score (nSPS) is 10.7. The van der Waals surface area contributed by atoms with E-state index in [1.165, 1.54) is 0 Å². The van der Waals surface area contributed by atoms with Crippen LogP contribution in [0.1, 0.15) is 0 Å². The summed E-state index contributed by atoms with van der Waals surface area (Å²) in [6, 6.07) is 5.77. The lowest BCUT2D eigenvalue weighted by Gasteiger charge is -1.88. The van der Waals surface area contributed by atoms with Gasteiger partial charge >= 0.3 is 0 Å². The molecule has 1 N–H and O–H groups in total. The molecule has 4 heteroatoms. The molecule has 1 heterocycles. The summed E-state index contributed by atoms with van der Waals surface area (Å²) in [7, 11) is 0. The predicted molar refractivity (Wildman–Crippen MR) is 48.8 cm³/mol. The quantitative estimate of drug-likeness (QED) is 0.742. The van der Waals surface area contributed by atoms with E-state index >= 15 is 0 Å². The number of nitrogens with one attached hydrogen (secondary N) is 1. The van der Waals surface area contributed by atoms with Gasteiger partial charge in [0.1, 0.15) is 0 Å². The zero-order valence-corrected chi connectivity index (χ0v) is 7.78. The van der Waals surface area contributed by atoms with Gasteiger partial charge < -0.3 is 4.98 Å². The number of aromatic amines is 1. The Labute approximate surface area is 76.7 Å². The minimum absolute atomic E-state index is 0.423. The molecule has 11 heavy (non-hydrogen) atoms. The van der Waals surface area contributed by atoms with Crippen LogP contribution in [0.3, 0.4) is 0 Å². The first kappa shape index (κ1) is 7.13. The maximum atomic E-state index is 5.67. The Morgan fingerprint density at radius 1 is 1.45 bits per heavy atom. The van der Waals surface area contributed by atoms with Gasteiger partial charge in [-0.3, -0.25) is 0 Å². The van der Waals surface area contributed by atoms with Gasteiger partial charge in [0.25, 0.3) is 0 Å². The molecule has 2 rings (SSSR count). The molecule has 0 spiro atoms. The van der Waals surface area contributed by atoms with Crippen molar-refractivity contribution < 1.29 is 0 Å². The highest BCUT2D eigenvalue weighted by Crippen LogP contribution is 2.22. The van der Waals surface area contributed by atoms with Crippen LogP contribution in [0.25, 0.3) is 11.0 Å². The van der Waals surface area contributed by atoms with Crippen molar-refractivity contribution in [2.24, 2.45) is 0 Å². The third-order valence-electron chi connectivity index (χ3n) is 1.44. The van der Waals surface area contributed by atoms with Crippen LogP contribution in [-0.4, -0.2) is 9.97 Å². The molecule has 0 fully saturated rings. The maximum Gasteiger partial charge on any atom is 0.201 e.